The van der Waals surface area contributed by atoms with Gasteiger partial charge >= 0.3 is 5.97 Å². The number of nitrogens with zero attached hydrogens (tertiary/aromatic N) is 1. The second-order valence-corrected chi connectivity index (χ2v) is 5.04. The van der Waals surface area contributed by atoms with Crippen molar-refractivity contribution in [3.63, 3.8) is 0 Å². The van der Waals surface area contributed by atoms with Gasteiger partial charge in [-0.3, -0.25) is 0 Å². The first-order chi connectivity index (χ1) is 9.20. The van der Waals surface area contributed by atoms with Gasteiger partial charge in [-0.1, -0.05) is 12.1 Å². The third-order valence-electron chi connectivity index (χ3n) is 3.80. The Labute approximate surface area is 114 Å². The van der Waals surface area contributed by atoms with Gasteiger partial charge in [-0.25, -0.2) is 4.79 Å². The van der Waals surface area contributed by atoms with Crippen LogP contribution in [0.2, 0.25) is 0 Å². The maximum absolute atomic E-state index is 11.0. The molecule has 1 heterocycles. The van der Waals surface area contributed by atoms with Crippen molar-refractivity contribution in [3.8, 4) is 0 Å². The first-order valence-corrected chi connectivity index (χ1v) is 6.75. The Balaban J connectivity index is 1.94. The number of hydrogen-bond donors (Lipinski definition) is 1. The topological polar surface area (TPSA) is 49.8 Å². The van der Waals surface area contributed by atoms with Gasteiger partial charge in [0, 0.05) is 13.7 Å². The highest BCUT2D eigenvalue weighted by Gasteiger charge is 2.20. The van der Waals surface area contributed by atoms with E-state index >= 15 is 0 Å². The minimum absolute atomic E-state index is 0.388. The molecule has 4 nitrogen and oxygen atoms in total. The first-order valence-electron chi connectivity index (χ1n) is 6.75. The van der Waals surface area contributed by atoms with Gasteiger partial charge in [-0.15, -0.1) is 0 Å². The second kappa shape index (κ2) is 6.68. The van der Waals surface area contributed by atoms with Crippen LogP contribution in [0.3, 0.4) is 0 Å². The van der Waals surface area contributed by atoms with Crippen LogP contribution in [0.1, 0.15) is 34.7 Å². The molecule has 0 unspecified atom stereocenters. The second-order valence-electron chi connectivity index (χ2n) is 5.04. The van der Waals surface area contributed by atoms with Crippen molar-refractivity contribution in [3.05, 3.63) is 35.4 Å². The lowest BCUT2D eigenvalue weighted by molar-refractivity contribution is 0.0696. The van der Waals surface area contributed by atoms with E-state index in [4.69, 9.17) is 9.84 Å². The van der Waals surface area contributed by atoms with Crippen LogP contribution in [-0.4, -0.2) is 49.3 Å². The molecule has 1 aromatic carbocycles. The third kappa shape index (κ3) is 3.78. The van der Waals surface area contributed by atoms with E-state index in [1.807, 2.05) is 18.2 Å². The third-order valence-corrected chi connectivity index (χ3v) is 3.80. The summed E-state index contributed by atoms with van der Waals surface area (Å²) >= 11 is 0. The molecule has 1 aliphatic heterocycles. The van der Waals surface area contributed by atoms with Crippen molar-refractivity contribution in [2.24, 2.45) is 0 Å². The lowest BCUT2D eigenvalue weighted by Gasteiger charge is -2.32. The standard InChI is InChI=1S/C15H21NO3/c1-19-10-9-16-7-5-12(6-8-16)13-3-2-4-14(11-13)15(17)18/h2-4,11-12H,5-10H2,1H3,(H,17,18). The molecule has 19 heavy (non-hydrogen) atoms. The number of likely N-dealkylation sites (tertiary alicyclic amines) is 1. The predicted octanol–water partition coefficient (Wildman–Crippen LogP) is 2.21. The molecule has 1 fully saturated rings. The highest BCUT2D eigenvalue weighted by atomic mass is 16.5. The summed E-state index contributed by atoms with van der Waals surface area (Å²) in [5.41, 5.74) is 1.55. The molecule has 104 valence electrons. The maximum atomic E-state index is 11.0. The van der Waals surface area contributed by atoms with Gasteiger partial charge in [0.15, 0.2) is 0 Å². The Morgan fingerprint density at radius 2 is 2.16 bits per heavy atom. The molecule has 0 radical (unpaired) electrons. The van der Waals surface area contributed by atoms with E-state index < -0.39 is 5.97 Å². The quantitative estimate of drug-likeness (QED) is 0.885. The number of carbonyl (C=O) groups is 1. The molecular formula is C15H21NO3. The fraction of sp³-hybridized carbons (Fsp3) is 0.533. The minimum Gasteiger partial charge on any atom is -0.478 e. The molecule has 0 bridgehead atoms. The zero-order valence-electron chi connectivity index (χ0n) is 11.3. The SMILES string of the molecule is COCCN1CCC(c2cccc(C(=O)O)c2)CC1. The predicted molar refractivity (Wildman–Crippen MR) is 73.7 cm³/mol. The van der Waals surface area contributed by atoms with Crippen LogP contribution in [0.5, 0.6) is 0 Å². The zero-order chi connectivity index (χ0) is 13.7. The van der Waals surface area contributed by atoms with Crippen LogP contribution in [-0.2, 0) is 4.74 Å². The number of ether oxygens (including phenoxy) is 1. The summed E-state index contributed by atoms with van der Waals surface area (Å²) in [7, 11) is 1.73. The number of piperidine rings is 1. The summed E-state index contributed by atoms with van der Waals surface area (Å²) in [6.45, 7) is 3.88. The van der Waals surface area contributed by atoms with E-state index in [9.17, 15) is 4.79 Å². The van der Waals surface area contributed by atoms with E-state index in [-0.39, 0.29) is 0 Å². The molecule has 1 aromatic rings. The molecule has 2 rings (SSSR count). The van der Waals surface area contributed by atoms with Crippen LogP contribution in [0, 0.1) is 0 Å². The van der Waals surface area contributed by atoms with Crippen LogP contribution < -0.4 is 0 Å². The van der Waals surface area contributed by atoms with Gasteiger partial charge < -0.3 is 14.7 Å². The molecule has 0 saturated carbocycles. The van der Waals surface area contributed by atoms with Gasteiger partial charge in [0.25, 0.3) is 0 Å². The number of carboxylic acid groups (broad SMARTS) is 1. The van der Waals surface area contributed by atoms with Gasteiger partial charge in [0.2, 0.25) is 0 Å². The van der Waals surface area contributed by atoms with E-state index in [0.29, 0.717) is 11.5 Å². The maximum Gasteiger partial charge on any atom is 0.335 e. The number of rotatable bonds is 5. The Hall–Kier alpha value is -1.39. The Morgan fingerprint density at radius 3 is 2.79 bits per heavy atom. The highest BCUT2D eigenvalue weighted by molar-refractivity contribution is 5.87. The minimum atomic E-state index is -0.848. The fourth-order valence-electron chi connectivity index (χ4n) is 2.64. The first kappa shape index (κ1) is 14.0. The molecule has 0 aromatic heterocycles. The van der Waals surface area contributed by atoms with Crippen LogP contribution in [0.15, 0.2) is 24.3 Å². The summed E-state index contributed by atoms with van der Waals surface area (Å²) in [6.07, 6.45) is 2.18. The van der Waals surface area contributed by atoms with Crippen molar-refractivity contribution < 1.29 is 14.6 Å². The van der Waals surface area contributed by atoms with Gasteiger partial charge in [-0.05, 0) is 49.5 Å². The number of benzene rings is 1. The summed E-state index contributed by atoms with van der Waals surface area (Å²) in [4.78, 5) is 13.4. The number of aromatic carboxylic acids is 1. The zero-order valence-corrected chi connectivity index (χ0v) is 11.3. The van der Waals surface area contributed by atoms with E-state index in [1.165, 1.54) is 0 Å². The average Bonchev–Trinajstić information content (AvgIpc) is 2.46. The molecule has 4 heteroatoms. The molecule has 1 aliphatic rings. The Bertz CT molecular complexity index is 425. The lowest BCUT2D eigenvalue weighted by atomic mass is 9.88. The Kier molecular flexibility index (Phi) is 4.93. The van der Waals surface area contributed by atoms with E-state index in [2.05, 4.69) is 4.90 Å². The number of carboxylic acids is 1. The molecule has 0 atom stereocenters. The smallest absolute Gasteiger partial charge is 0.335 e. The monoisotopic (exact) mass is 263 g/mol. The lowest BCUT2D eigenvalue weighted by Crippen LogP contribution is -2.35. The Morgan fingerprint density at radius 1 is 1.42 bits per heavy atom. The van der Waals surface area contributed by atoms with Crippen LogP contribution in [0.25, 0.3) is 0 Å². The molecule has 0 aliphatic carbocycles. The van der Waals surface area contributed by atoms with Crippen molar-refractivity contribution in [2.45, 2.75) is 18.8 Å². The van der Waals surface area contributed by atoms with Gasteiger partial charge in [0.1, 0.15) is 0 Å². The van der Waals surface area contributed by atoms with Gasteiger partial charge in [0.05, 0.1) is 12.2 Å². The summed E-state index contributed by atoms with van der Waals surface area (Å²) in [5, 5.41) is 9.02. The van der Waals surface area contributed by atoms with Crippen LogP contribution >= 0.6 is 0 Å². The molecule has 0 amide bonds. The summed E-state index contributed by atoms with van der Waals surface area (Å²) in [6, 6.07) is 7.36. The molecule has 1 N–H and O–H groups in total. The van der Waals surface area contributed by atoms with Crippen molar-refractivity contribution in [1.82, 2.24) is 4.90 Å². The van der Waals surface area contributed by atoms with Crippen molar-refractivity contribution >= 4 is 5.97 Å². The van der Waals surface area contributed by atoms with Gasteiger partial charge in [-0.2, -0.15) is 0 Å². The highest BCUT2D eigenvalue weighted by Crippen LogP contribution is 2.28. The molecular weight excluding hydrogens is 242 g/mol. The number of methoxy groups -OCH3 is 1. The van der Waals surface area contributed by atoms with E-state index in [0.717, 1.165) is 44.6 Å². The molecule has 1 saturated heterocycles. The van der Waals surface area contributed by atoms with Crippen molar-refractivity contribution in [2.75, 3.05) is 33.4 Å². The summed E-state index contributed by atoms with van der Waals surface area (Å²) in [5.74, 6) is -0.363. The average molecular weight is 263 g/mol. The normalized spacial score (nSPS) is 17.5. The van der Waals surface area contributed by atoms with Crippen LogP contribution in [0.4, 0.5) is 0 Å². The van der Waals surface area contributed by atoms with E-state index in [1.54, 1.807) is 13.2 Å². The number of hydrogen-bond acceptors (Lipinski definition) is 3. The summed E-state index contributed by atoms with van der Waals surface area (Å²) < 4.78 is 5.09. The molecule has 0 spiro atoms. The fourth-order valence-corrected chi connectivity index (χ4v) is 2.64. The van der Waals surface area contributed by atoms with Crippen molar-refractivity contribution in [1.29, 1.82) is 0 Å². The largest absolute Gasteiger partial charge is 0.478 e.